The van der Waals surface area contributed by atoms with Crippen molar-refractivity contribution in [2.45, 2.75) is 58.0 Å². The van der Waals surface area contributed by atoms with E-state index in [1.165, 1.54) is 5.01 Å². The number of nitrogens with one attached hydrogen (secondary N) is 1. The van der Waals surface area contributed by atoms with E-state index in [1.54, 1.807) is 0 Å². The maximum atomic E-state index is 12.2. The van der Waals surface area contributed by atoms with Crippen molar-refractivity contribution in [3.8, 4) is 0 Å². The lowest BCUT2D eigenvalue weighted by molar-refractivity contribution is -0.133. The third kappa shape index (κ3) is 4.06. The smallest absolute Gasteiger partial charge is 0.267 e. The van der Waals surface area contributed by atoms with Crippen molar-refractivity contribution >= 4 is 27.4 Å². The Balaban J connectivity index is 2.08. The first-order chi connectivity index (χ1) is 10.3. The quantitative estimate of drug-likeness (QED) is 0.792. The van der Waals surface area contributed by atoms with E-state index in [0.29, 0.717) is 18.6 Å². The summed E-state index contributed by atoms with van der Waals surface area (Å²) >= 11 is 0. The summed E-state index contributed by atoms with van der Waals surface area (Å²) in [5.74, 6) is -0.463. The van der Waals surface area contributed by atoms with Crippen molar-refractivity contribution in [2.24, 2.45) is 5.10 Å². The summed E-state index contributed by atoms with van der Waals surface area (Å²) in [6.45, 7) is 3.97. The molecule has 2 atom stereocenters. The Hall–Kier alpha value is -1.44. The molecule has 7 nitrogen and oxygen atoms in total. The van der Waals surface area contributed by atoms with Gasteiger partial charge in [-0.05, 0) is 19.8 Å². The summed E-state index contributed by atoms with van der Waals surface area (Å²) in [6.07, 6.45) is 2.74. The minimum atomic E-state index is -3.10. The normalized spacial score (nSPS) is 25.7. The van der Waals surface area contributed by atoms with Crippen LogP contribution < -0.4 is 5.32 Å². The monoisotopic (exact) mass is 329 g/mol. The Morgan fingerprint density at radius 3 is 2.77 bits per heavy atom. The van der Waals surface area contributed by atoms with Crippen molar-refractivity contribution in [1.29, 1.82) is 0 Å². The van der Waals surface area contributed by atoms with Gasteiger partial charge in [-0.2, -0.15) is 5.10 Å². The molecule has 2 rings (SSSR count). The molecule has 1 N–H and O–H groups in total. The van der Waals surface area contributed by atoms with Gasteiger partial charge in [-0.25, -0.2) is 13.4 Å². The Kier molecular flexibility index (Phi) is 5.20. The molecule has 8 heteroatoms. The highest BCUT2D eigenvalue weighted by Crippen LogP contribution is 2.22. The summed E-state index contributed by atoms with van der Waals surface area (Å²) in [5.41, 5.74) is 0.312. The Bertz CT molecular complexity index is 585. The number of hydrogen-bond donors (Lipinski definition) is 1. The minimum Gasteiger partial charge on any atom is -0.348 e. The Morgan fingerprint density at radius 1 is 1.45 bits per heavy atom. The zero-order valence-corrected chi connectivity index (χ0v) is 13.9. The fraction of sp³-hybridized carbons (Fsp3) is 0.786. The molecular formula is C14H23N3O4S. The lowest BCUT2D eigenvalue weighted by Crippen LogP contribution is -2.45. The predicted octanol–water partition coefficient (Wildman–Crippen LogP) is 0.457. The lowest BCUT2D eigenvalue weighted by Gasteiger charge is -2.28. The van der Waals surface area contributed by atoms with Crippen LogP contribution in [0.1, 0.15) is 46.0 Å². The number of sulfone groups is 1. The number of hydrogen-bond acceptors (Lipinski definition) is 5. The van der Waals surface area contributed by atoms with Gasteiger partial charge in [-0.3, -0.25) is 9.59 Å². The molecule has 0 spiro atoms. The molecule has 0 aromatic heterocycles. The second-order valence-corrected chi connectivity index (χ2v) is 8.23. The summed E-state index contributed by atoms with van der Waals surface area (Å²) in [5, 5.41) is 8.23. The molecule has 2 aliphatic rings. The average Bonchev–Trinajstić information content (AvgIpc) is 2.79. The van der Waals surface area contributed by atoms with Gasteiger partial charge in [-0.15, -0.1) is 0 Å². The van der Waals surface area contributed by atoms with E-state index >= 15 is 0 Å². The van der Waals surface area contributed by atoms with Gasteiger partial charge in [0.25, 0.3) is 5.91 Å². The van der Waals surface area contributed by atoms with Crippen LogP contribution in [0.4, 0.5) is 0 Å². The van der Waals surface area contributed by atoms with E-state index in [0.717, 1.165) is 12.8 Å². The first-order valence-electron chi connectivity index (χ1n) is 7.73. The van der Waals surface area contributed by atoms with Crippen LogP contribution >= 0.6 is 0 Å². The summed E-state index contributed by atoms with van der Waals surface area (Å²) < 4.78 is 23.1. The average molecular weight is 329 g/mol. The second-order valence-electron chi connectivity index (χ2n) is 6.01. The summed E-state index contributed by atoms with van der Waals surface area (Å²) in [7, 11) is -3.10. The highest BCUT2D eigenvalue weighted by Gasteiger charge is 2.37. The van der Waals surface area contributed by atoms with Crippen LogP contribution in [0.25, 0.3) is 0 Å². The van der Waals surface area contributed by atoms with E-state index in [1.807, 2.05) is 13.8 Å². The van der Waals surface area contributed by atoms with Gasteiger partial charge in [0, 0.05) is 18.9 Å². The van der Waals surface area contributed by atoms with Crippen molar-refractivity contribution in [2.75, 3.05) is 11.5 Å². The molecule has 1 fully saturated rings. The highest BCUT2D eigenvalue weighted by molar-refractivity contribution is 7.91. The zero-order valence-electron chi connectivity index (χ0n) is 13.0. The second kappa shape index (κ2) is 6.76. The molecule has 0 bridgehead atoms. The van der Waals surface area contributed by atoms with Crippen molar-refractivity contribution in [3.05, 3.63) is 0 Å². The standard InChI is InChI=1S/C14H23N3O4S/c1-3-4-10(2)15-14(19)12-5-6-13(18)17(16-12)11-7-8-22(20,21)9-11/h10-11H,3-9H2,1-2H3,(H,15,19)/t10-,11-/m1/s1. The first-order valence-corrected chi connectivity index (χ1v) is 9.55. The topological polar surface area (TPSA) is 95.9 Å². The van der Waals surface area contributed by atoms with Crippen LogP contribution in [-0.2, 0) is 19.4 Å². The number of carbonyl (C=O) groups excluding carboxylic acids is 2. The number of nitrogens with zero attached hydrogens (tertiary/aromatic N) is 2. The molecule has 0 radical (unpaired) electrons. The zero-order chi connectivity index (χ0) is 16.3. The van der Waals surface area contributed by atoms with Crippen LogP contribution in [0.3, 0.4) is 0 Å². The largest absolute Gasteiger partial charge is 0.348 e. The van der Waals surface area contributed by atoms with Crippen LogP contribution in [0, 0.1) is 0 Å². The predicted molar refractivity (Wildman–Crippen MR) is 83.1 cm³/mol. The van der Waals surface area contributed by atoms with Gasteiger partial charge in [-0.1, -0.05) is 13.3 Å². The van der Waals surface area contributed by atoms with Gasteiger partial charge < -0.3 is 5.32 Å². The molecule has 2 amide bonds. The summed E-state index contributed by atoms with van der Waals surface area (Å²) in [6, 6.07) is -0.383. The third-order valence-corrected chi connectivity index (χ3v) is 5.73. The van der Waals surface area contributed by atoms with E-state index in [9.17, 15) is 18.0 Å². The minimum absolute atomic E-state index is 0.0538. The Morgan fingerprint density at radius 2 is 2.18 bits per heavy atom. The van der Waals surface area contributed by atoms with Gasteiger partial charge in [0.1, 0.15) is 5.71 Å². The number of hydrazone groups is 1. The summed E-state index contributed by atoms with van der Waals surface area (Å²) in [4.78, 5) is 24.2. The van der Waals surface area contributed by atoms with Crippen molar-refractivity contribution < 1.29 is 18.0 Å². The molecule has 1 saturated heterocycles. The van der Waals surface area contributed by atoms with Crippen molar-refractivity contribution in [3.63, 3.8) is 0 Å². The number of amides is 2. The van der Waals surface area contributed by atoms with Crippen LogP contribution in [-0.4, -0.2) is 54.5 Å². The Labute approximate surface area is 131 Å². The third-order valence-electron chi connectivity index (χ3n) is 3.98. The molecule has 2 heterocycles. The molecule has 0 aromatic carbocycles. The number of rotatable bonds is 5. The van der Waals surface area contributed by atoms with Crippen LogP contribution in [0.15, 0.2) is 5.10 Å². The van der Waals surface area contributed by atoms with Gasteiger partial charge in [0.15, 0.2) is 9.84 Å². The maximum Gasteiger partial charge on any atom is 0.267 e. The van der Waals surface area contributed by atoms with E-state index in [2.05, 4.69) is 10.4 Å². The van der Waals surface area contributed by atoms with E-state index in [4.69, 9.17) is 0 Å². The van der Waals surface area contributed by atoms with Gasteiger partial charge in [0.2, 0.25) is 5.91 Å². The lowest BCUT2D eigenvalue weighted by atomic mass is 10.1. The SMILES string of the molecule is CCC[C@@H](C)NC(=O)C1=NN([C@@H]2CCS(=O)(=O)C2)C(=O)CC1. The fourth-order valence-corrected chi connectivity index (χ4v) is 4.49. The van der Waals surface area contributed by atoms with E-state index < -0.39 is 15.9 Å². The van der Waals surface area contributed by atoms with Gasteiger partial charge in [0.05, 0.1) is 17.5 Å². The molecule has 0 aromatic rings. The maximum absolute atomic E-state index is 12.2. The molecular weight excluding hydrogens is 306 g/mol. The molecule has 2 aliphatic heterocycles. The first kappa shape index (κ1) is 16.9. The number of carbonyl (C=O) groups is 2. The van der Waals surface area contributed by atoms with Crippen molar-refractivity contribution in [1.82, 2.24) is 10.3 Å². The molecule has 0 saturated carbocycles. The molecule has 22 heavy (non-hydrogen) atoms. The van der Waals surface area contributed by atoms with Gasteiger partial charge >= 0.3 is 0 Å². The van der Waals surface area contributed by atoms with Crippen LogP contribution in [0.2, 0.25) is 0 Å². The van der Waals surface area contributed by atoms with Crippen LogP contribution in [0.5, 0.6) is 0 Å². The highest BCUT2D eigenvalue weighted by atomic mass is 32.2. The molecule has 0 unspecified atom stereocenters. The van der Waals surface area contributed by atoms with E-state index in [-0.39, 0.29) is 35.8 Å². The molecule has 124 valence electrons. The fourth-order valence-electron chi connectivity index (χ4n) is 2.80. The molecule has 0 aliphatic carbocycles.